The van der Waals surface area contributed by atoms with Gasteiger partial charge in [0.15, 0.2) is 0 Å². The first-order valence-electron chi connectivity index (χ1n) is 7.26. The number of ether oxygens (including phenoxy) is 1. The molecule has 0 heterocycles. The number of hydrogen-bond acceptors (Lipinski definition) is 3. The molecule has 1 aromatic rings. The van der Waals surface area contributed by atoms with Crippen LogP contribution in [0.3, 0.4) is 0 Å². The number of carbonyl (C=O) groups is 1. The first-order valence-corrected chi connectivity index (χ1v) is 7.67. The van der Waals surface area contributed by atoms with Crippen molar-refractivity contribution in [2.75, 3.05) is 18.5 Å². The second kappa shape index (κ2) is 9.47. The van der Waals surface area contributed by atoms with Crippen LogP contribution in [0.5, 0.6) is 0 Å². The van der Waals surface area contributed by atoms with Crippen molar-refractivity contribution in [3.63, 3.8) is 0 Å². The van der Waals surface area contributed by atoms with E-state index in [2.05, 4.69) is 19.2 Å². The van der Waals surface area contributed by atoms with Crippen molar-refractivity contribution in [2.24, 2.45) is 11.7 Å². The molecule has 0 radical (unpaired) electrons. The molecule has 1 aromatic carbocycles. The Morgan fingerprint density at radius 1 is 1.38 bits per heavy atom. The fraction of sp³-hybridized carbons (Fsp3) is 0.500. The summed E-state index contributed by atoms with van der Waals surface area (Å²) in [7, 11) is 0. The summed E-state index contributed by atoms with van der Waals surface area (Å²) in [6, 6.07) is 7.20. The Labute approximate surface area is 132 Å². The van der Waals surface area contributed by atoms with E-state index >= 15 is 0 Å². The van der Waals surface area contributed by atoms with Gasteiger partial charge in [-0.15, -0.1) is 0 Å². The lowest BCUT2D eigenvalue weighted by Crippen LogP contribution is -2.15. The summed E-state index contributed by atoms with van der Waals surface area (Å²) in [5.41, 5.74) is 7.00. The summed E-state index contributed by atoms with van der Waals surface area (Å²) in [6.07, 6.45) is 2.53. The Hall–Kier alpha value is -1.46. The van der Waals surface area contributed by atoms with Crippen molar-refractivity contribution in [3.05, 3.63) is 29.8 Å². The lowest BCUT2D eigenvalue weighted by Gasteiger charge is -2.08. The van der Waals surface area contributed by atoms with Crippen LogP contribution in [0.4, 0.5) is 5.69 Å². The first kappa shape index (κ1) is 17.6. The van der Waals surface area contributed by atoms with Crippen molar-refractivity contribution in [2.45, 2.75) is 33.1 Å². The van der Waals surface area contributed by atoms with Crippen molar-refractivity contribution < 1.29 is 9.53 Å². The highest BCUT2D eigenvalue weighted by atomic mass is 32.1. The maximum absolute atomic E-state index is 11.8. The number of nitrogens with one attached hydrogen (secondary N) is 1. The van der Waals surface area contributed by atoms with Gasteiger partial charge in [-0.25, -0.2) is 0 Å². The normalized spacial score (nSPS) is 10.6. The van der Waals surface area contributed by atoms with Crippen LogP contribution in [0.15, 0.2) is 24.3 Å². The largest absolute Gasteiger partial charge is 0.389 e. The van der Waals surface area contributed by atoms with Crippen molar-refractivity contribution in [1.29, 1.82) is 0 Å². The van der Waals surface area contributed by atoms with Gasteiger partial charge < -0.3 is 15.8 Å². The maximum Gasteiger partial charge on any atom is 0.226 e. The van der Waals surface area contributed by atoms with Crippen molar-refractivity contribution in [1.82, 2.24) is 0 Å². The fourth-order valence-electron chi connectivity index (χ4n) is 1.83. The van der Waals surface area contributed by atoms with Crippen LogP contribution in [-0.2, 0) is 9.53 Å². The van der Waals surface area contributed by atoms with Crippen LogP contribution in [0.25, 0.3) is 0 Å². The van der Waals surface area contributed by atoms with Crippen molar-refractivity contribution in [3.8, 4) is 0 Å². The fourth-order valence-corrected chi connectivity index (χ4v) is 1.96. The highest BCUT2D eigenvalue weighted by molar-refractivity contribution is 7.80. The molecule has 116 valence electrons. The lowest BCUT2D eigenvalue weighted by atomic mass is 10.1. The minimum absolute atomic E-state index is 0.0704. The van der Waals surface area contributed by atoms with Gasteiger partial charge in [-0.3, -0.25) is 4.79 Å². The van der Waals surface area contributed by atoms with E-state index < -0.39 is 0 Å². The molecular formula is C16H24N2O2S. The highest BCUT2D eigenvalue weighted by Gasteiger charge is 2.04. The Bertz CT molecular complexity index is 475. The molecule has 0 aromatic heterocycles. The molecule has 0 bridgehead atoms. The van der Waals surface area contributed by atoms with Gasteiger partial charge >= 0.3 is 0 Å². The topological polar surface area (TPSA) is 64.3 Å². The summed E-state index contributed by atoms with van der Waals surface area (Å²) >= 11 is 4.91. The molecule has 0 aliphatic rings. The molecule has 0 aliphatic carbocycles. The molecule has 0 fully saturated rings. The minimum atomic E-state index is -0.0704. The van der Waals surface area contributed by atoms with Crippen LogP contribution >= 0.6 is 12.2 Å². The smallest absolute Gasteiger partial charge is 0.226 e. The molecule has 3 N–H and O–H groups in total. The predicted molar refractivity (Wildman–Crippen MR) is 90.5 cm³/mol. The molecule has 1 amide bonds. The summed E-state index contributed by atoms with van der Waals surface area (Å²) in [5, 5.41) is 2.81. The standard InChI is InChI=1S/C16H24N2O2S/c1-12(2)5-4-9-20-10-8-15(19)18-14-7-3-6-13(11-14)16(17)21/h3,6-7,11-12H,4-5,8-10H2,1-2H3,(H2,17,21)(H,18,19). The quantitative estimate of drug-likeness (QED) is 0.543. The molecule has 21 heavy (non-hydrogen) atoms. The van der Waals surface area contributed by atoms with E-state index in [4.69, 9.17) is 22.7 Å². The number of benzene rings is 1. The van der Waals surface area contributed by atoms with Crippen LogP contribution in [0, 0.1) is 5.92 Å². The van der Waals surface area contributed by atoms with Crippen LogP contribution < -0.4 is 11.1 Å². The number of carbonyl (C=O) groups excluding carboxylic acids is 1. The van der Waals surface area contributed by atoms with Gasteiger partial charge in [-0.1, -0.05) is 38.2 Å². The van der Waals surface area contributed by atoms with E-state index in [1.165, 1.54) is 0 Å². The van der Waals surface area contributed by atoms with E-state index in [-0.39, 0.29) is 5.91 Å². The lowest BCUT2D eigenvalue weighted by molar-refractivity contribution is -0.117. The third kappa shape index (κ3) is 7.78. The van der Waals surface area contributed by atoms with Crippen LogP contribution in [0.1, 0.15) is 38.7 Å². The number of thiocarbonyl (C=S) groups is 1. The molecule has 0 atom stereocenters. The zero-order chi connectivity index (χ0) is 15.7. The Kier molecular flexibility index (Phi) is 7.93. The zero-order valence-electron chi connectivity index (χ0n) is 12.7. The van der Waals surface area contributed by atoms with Gasteiger partial charge in [0.25, 0.3) is 0 Å². The van der Waals surface area contributed by atoms with E-state index in [1.807, 2.05) is 18.2 Å². The first-order chi connectivity index (χ1) is 9.99. The number of nitrogens with two attached hydrogens (primary N) is 1. The Morgan fingerprint density at radius 3 is 2.81 bits per heavy atom. The van der Waals surface area contributed by atoms with Crippen LogP contribution in [0.2, 0.25) is 0 Å². The molecule has 4 nitrogen and oxygen atoms in total. The van der Waals surface area contributed by atoms with Gasteiger partial charge in [0.05, 0.1) is 13.0 Å². The van der Waals surface area contributed by atoms with E-state index in [9.17, 15) is 4.79 Å². The van der Waals surface area contributed by atoms with Gasteiger partial charge in [0.2, 0.25) is 5.91 Å². The monoisotopic (exact) mass is 308 g/mol. The molecule has 0 aliphatic heterocycles. The SMILES string of the molecule is CC(C)CCCOCCC(=O)Nc1cccc(C(N)=S)c1. The molecule has 0 spiro atoms. The third-order valence-corrected chi connectivity index (χ3v) is 3.21. The number of rotatable bonds is 9. The average molecular weight is 308 g/mol. The predicted octanol–water partition coefficient (Wildman–Crippen LogP) is 3.10. The Balaban J connectivity index is 2.24. The van der Waals surface area contributed by atoms with E-state index in [0.717, 1.165) is 18.4 Å². The van der Waals surface area contributed by atoms with Gasteiger partial charge in [0, 0.05) is 17.9 Å². The zero-order valence-corrected chi connectivity index (χ0v) is 13.5. The van der Waals surface area contributed by atoms with Crippen LogP contribution in [-0.4, -0.2) is 24.1 Å². The molecule has 0 unspecified atom stereocenters. The molecule has 1 rings (SSSR count). The van der Waals surface area contributed by atoms with E-state index in [0.29, 0.717) is 36.2 Å². The Morgan fingerprint density at radius 2 is 2.14 bits per heavy atom. The summed E-state index contributed by atoms with van der Waals surface area (Å²) in [5.74, 6) is 0.622. The number of amides is 1. The second-order valence-corrected chi connectivity index (χ2v) is 5.83. The summed E-state index contributed by atoms with van der Waals surface area (Å²) < 4.78 is 5.45. The van der Waals surface area contributed by atoms with E-state index in [1.54, 1.807) is 6.07 Å². The summed E-state index contributed by atoms with van der Waals surface area (Å²) in [4.78, 5) is 12.1. The third-order valence-electron chi connectivity index (χ3n) is 2.97. The molecule has 0 saturated carbocycles. The van der Waals surface area contributed by atoms with Crippen molar-refractivity contribution >= 4 is 28.8 Å². The molecule has 0 saturated heterocycles. The maximum atomic E-state index is 11.8. The molecule has 5 heteroatoms. The average Bonchev–Trinajstić information content (AvgIpc) is 2.42. The minimum Gasteiger partial charge on any atom is -0.389 e. The molecular weight excluding hydrogens is 284 g/mol. The second-order valence-electron chi connectivity index (χ2n) is 5.39. The summed E-state index contributed by atoms with van der Waals surface area (Å²) in [6.45, 7) is 5.53. The number of hydrogen-bond donors (Lipinski definition) is 2. The van der Waals surface area contributed by atoms with Gasteiger partial charge in [-0.2, -0.15) is 0 Å². The highest BCUT2D eigenvalue weighted by Crippen LogP contribution is 2.11. The van der Waals surface area contributed by atoms with Gasteiger partial charge in [-0.05, 0) is 30.9 Å². The van der Waals surface area contributed by atoms with Gasteiger partial charge in [0.1, 0.15) is 4.99 Å². The number of anilines is 1.